The molecule has 0 radical (unpaired) electrons. The molecule has 0 bridgehead atoms. The minimum atomic E-state index is -0.0741. The van der Waals surface area contributed by atoms with E-state index in [1.165, 1.54) is 24.2 Å². The van der Waals surface area contributed by atoms with Crippen molar-refractivity contribution in [2.24, 2.45) is 0 Å². The number of aromatic nitrogens is 1. The second kappa shape index (κ2) is 5.85. The van der Waals surface area contributed by atoms with Crippen molar-refractivity contribution in [1.29, 1.82) is 0 Å². The number of carbonyl (C=O) groups excluding carboxylic acids is 1. The summed E-state index contributed by atoms with van der Waals surface area (Å²) in [6, 6.07) is 12.4. The number of para-hydroxylation sites is 1. The van der Waals surface area contributed by atoms with Crippen LogP contribution >= 0.6 is 12.2 Å². The number of carbonyl (C=O) groups is 1. The Kier molecular flexibility index (Phi) is 3.76. The fraction of sp³-hybridized carbons (Fsp3) is 0.300. The Morgan fingerprint density at radius 1 is 1.16 bits per heavy atom. The molecule has 2 aliphatic rings. The summed E-state index contributed by atoms with van der Waals surface area (Å²) in [6.07, 6.45) is 4.47. The monoisotopic (exact) mass is 351 g/mol. The van der Waals surface area contributed by atoms with Gasteiger partial charge in [-0.15, -0.1) is 0 Å². The van der Waals surface area contributed by atoms with E-state index in [9.17, 15) is 4.79 Å². The van der Waals surface area contributed by atoms with Crippen LogP contribution in [0.4, 0.5) is 5.69 Å². The molecule has 0 atom stereocenters. The minimum absolute atomic E-state index is 0.0741. The number of likely N-dealkylation sites (N-methyl/N-ethyl adjacent to an activating group) is 1. The van der Waals surface area contributed by atoms with E-state index in [0.29, 0.717) is 16.9 Å². The second-order valence-electron chi connectivity index (χ2n) is 6.77. The molecule has 4 rings (SSSR count). The molecule has 1 saturated heterocycles. The number of rotatable bonds is 3. The van der Waals surface area contributed by atoms with E-state index in [0.717, 1.165) is 11.3 Å². The molecule has 0 unspecified atom stereocenters. The Balaban J connectivity index is 1.73. The molecule has 4 nitrogen and oxygen atoms in total. The molecule has 2 heterocycles. The highest BCUT2D eigenvalue weighted by Crippen LogP contribution is 2.39. The van der Waals surface area contributed by atoms with Gasteiger partial charge in [0.05, 0.1) is 5.69 Å². The number of hydrogen-bond acceptors (Lipinski definition) is 2. The molecule has 128 valence electrons. The molecule has 1 saturated carbocycles. The van der Waals surface area contributed by atoms with Crippen molar-refractivity contribution in [1.82, 2.24) is 9.47 Å². The number of aryl methyl sites for hydroxylation is 1. The zero-order valence-electron chi connectivity index (χ0n) is 14.7. The fourth-order valence-corrected chi connectivity index (χ4v) is 3.84. The minimum Gasteiger partial charge on any atom is -0.346 e. The predicted molar refractivity (Wildman–Crippen MR) is 104 cm³/mol. The van der Waals surface area contributed by atoms with Gasteiger partial charge in [0.1, 0.15) is 5.70 Å². The maximum atomic E-state index is 13.0. The van der Waals surface area contributed by atoms with Crippen LogP contribution in [-0.2, 0) is 4.79 Å². The summed E-state index contributed by atoms with van der Waals surface area (Å²) in [5.74, 6) is -0.0741. The first-order valence-electron chi connectivity index (χ1n) is 8.56. The average Bonchev–Trinajstić information content (AvgIpc) is 3.35. The van der Waals surface area contributed by atoms with Gasteiger partial charge in [0, 0.05) is 24.5 Å². The molecule has 2 fully saturated rings. The van der Waals surface area contributed by atoms with Gasteiger partial charge in [0.25, 0.3) is 5.91 Å². The van der Waals surface area contributed by atoms with Crippen molar-refractivity contribution in [3.63, 3.8) is 0 Å². The summed E-state index contributed by atoms with van der Waals surface area (Å²) in [6.45, 7) is 4.26. The van der Waals surface area contributed by atoms with Gasteiger partial charge < -0.3 is 9.47 Å². The van der Waals surface area contributed by atoms with Crippen molar-refractivity contribution in [2.45, 2.75) is 32.7 Å². The Hall–Kier alpha value is -2.40. The Bertz CT molecular complexity index is 893. The SMILES string of the molecule is Cc1cc(/C=C2/C(=O)N(c3ccccc3)C(=S)N2C)c(C)n1C1CC1. The van der Waals surface area contributed by atoms with E-state index in [1.807, 2.05) is 43.5 Å². The lowest BCUT2D eigenvalue weighted by atomic mass is 10.2. The number of benzene rings is 1. The van der Waals surface area contributed by atoms with Crippen molar-refractivity contribution in [3.8, 4) is 0 Å². The number of amides is 1. The maximum Gasteiger partial charge on any atom is 0.281 e. The topological polar surface area (TPSA) is 28.5 Å². The summed E-state index contributed by atoms with van der Waals surface area (Å²) >= 11 is 5.52. The largest absolute Gasteiger partial charge is 0.346 e. The number of anilines is 1. The molecule has 1 aromatic heterocycles. The summed E-state index contributed by atoms with van der Waals surface area (Å²) in [5, 5.41) is 0.512. The fourth-order valence-electron chi connectivity index (χ4n) is 3.55. The quantitative estimate of drug-likeness (QED) is 0.617. The normalized spacial score (nSPS) is 19.4. The van der Waals surface area contributed by atoms with Crippen LogP contribution in [0.5, 0.6) is 0 Å². The standard InChI is InChI=1S/C20H21N3OS/c1-13-11-15(14(2)22(13)17-9-10-17)12-18-19(24)23(20(25)21(18)3)16-7-5-4-6-8-16/h4-8,11-12,17H,9-10H2,1-3H3/b18-12-. The molecule has 1 aliphatic heterocycles. The smallest absolute Gasteiger partial charge is 0.281 e. The third-order valence-electron chi connectivity index (χ3n) is 5.00. The van der Waals surface area contributed by atoms with E-state index in [1.54, 1.807) is 9.80 Å². The number of thiocarbonyl (C=S) groups is 1. The highest BCUT2D eigenvalue weighted by molar-refractivity contribution is 7.80. The molecule has 0 N–H and O–H groups in total. The summed E-state index contributed by atoms with van der Waals surface area (Å²) in [5.41, 5.74) is 4.98. The average molecular weight is 351 g/mol. The van der Waals surface area contributed by atoms with E-state index < -0.39 is 0 Å². The van der Waals surface area contributed by atoms with Crippen LogP contribution in [0.2, 0.25) is 0 Å². The summed E-state index contributed by atoms with van der Waals surface area (Å²) in [4.78, 5) is 16.4. The first-order valence-corrected chi connectivity index (χ1v) is 8.97. The zero-order valence-corrected chi connectivity index (χ0v) is 15.5. The van der Waals surface area contributed by atoms with Crippen LogP contribution in [0, 0.1) is 13.8 Å². The van der Waals surface area contributed by atoms with E-state index in [2.05, 4.69) is 24.5 Å². The lowest BCUT2D eigenvalue weighted by Crippen LogP contribution is -2.30. The van der Waals surface area contributed by atoms with Crippen molar-refractivity contribution in [3.05, 3.63) is 59.0 Å². The first kappa shape index (κ1) is 16.1. The third-order valence-corrected chi connectivity index (χ3v) is 5.46. The van der Waals surface area contributed by atoms with Gasteiger partial charge in [-0.25, -0.2) is 0 Å². The van der Waals surface area contributed by atoms with Gasteiger partial charge in [0.2, 0.25) is 0 Å². The molecular formula is C20H21N3OS. The van der Waals surface area contributed by atoms with E-state index in [4.69, 9.17) is 12.2 Å². The van der Waals surface area contributed by atoms with Crippen LogP contribution in [0.3, 0.4) is 0 Å². The van der Waals surface area contributed by atoms with Gasteiger partial charge in [-0.05, 0) is 68.7 Å². The summed E-state index contributed by atoms with van der Waals surface area (Å²) in [7, 11) is 1.86. The first-order chi connectivity index (χ1) is 12.0. The van der Waals surface area contributed by atoms with Crippen LogP contribution in [0.15, 0.2) is 42.1 Å². The van der Waals surface area contributed by atoms with Gasteiger partial charge in [-0.1, -0.05) is 18.2 Å². The van der Waals surface area contributed by atoms with Gasteiger partial charge in [0.15, 0.2) is 5.11 Å². The third kappa shape index (κ3) is 2.59. The maximum absolute atomic E-state index is 13.0. The van der Waals surface area contributed by atoms with E-state index >= 15 is 0 Å². The molecular weight excluding hydrogens is 330 g/mol. The van der Waals surface area contributed by atoms with Gasteiger partial charge >= 0.3 is 0 Å². The van der Waals surface area contributed by atoms with Crippen LogP contribution in [-0.4, -0.2) is 27.5 Å². The van der Waals surface area contributed by atoms with Crippen LogP contribution in [0.1, 0.15) is 35.8 Å². The van der Waals surface area contributed by atoms with Crippen molar-refractivity contribution in [2.75, 3.05) is 11.9 Å². The Morgan fingerprint density at radius 3 is 2.48 bits per heavy atom. The highest BCUT2D eigenvalue weighted by Gasteiger charge is 2.37. The molecule has 25 heavy (non-hydrogen) atoms. The van der Waals surface area contributed by atoms with Gasteiger partial charge in [-0.3, -0.25) is 9.69 Å². The lowest BCUT2D eigenvalue weighted by Gasteiger charge is -2.16. The summed E-state index contributed by atoms with van der Waals surface area (Å²) < 4.78 is 2.39. The predicted octanol–water partition coefficient (Wildman–Crippen LogP) is 4.04. The Morgan fingerprint density at radius 2 is 1.84 bits per heavy atom. The van der Waals surface area contributed by atoms with Crippen molar-refractivity contribution < 1.29 is 4.79 Å². The molecule has 0 spiro atoms. The number of nitrogens with zero attached hydrogens (tertiary/aromatic N) is 3. The molecule has 1 aliphatic carbocycles. The van der Waals surface area contributed by atoms with Crippen LogP contribution < -0.4 is 4.90 Å². The molecule has 1 aromatic carbocycles. The lowest BCUT2D eigenvalue weighted by molar-refractivity contribution is -0.114. The van der Waals surface area contributed by atoms with Crippen molar-refractivity contribution >= 4 is 35.0 Å². The zero-order chi connectivity index (χ0) is 17.7. The van der Waals surface area contributed by atoms with Gasteiger partial charge in [-0.2, -0.15) is 0 Å². The molecule has 1 amide bonds. The Labute approximate surface area is 153 Å². The highest BCUT2D eigenvalue weighted by atomic mass is 32.1. The van der Waals surface area contributed by atoms with E-state index in [-0.39, 0.29) is 5.91 Å². The molecule has 2 aromatic rings. The van der Waals surface area contributed by atoms with Crippen LogP contribution in [0.25, 0.3) is 6.08 Å². The molecule has 5 heteroatoms. The second-order valence-corrected chi connectivity index (χ2v) is 7.14. The number of hydrogen-bond donors (Lipinski definition) is 0.